The Kier molecular flexibility index (Phi) is 7.22. The average molecular weight is 395 g/mol. The van der Waals surface area contributed by atoms with Gasteiger partial charge in [-0.05, 0) is 47.4 Å². The summed E-state index contributed by atoms with van der Waals surface area (Å²) in [5, 5.41) is 4.20. The number of nitrogens with one attached hydrogen (secondary N) is 1. The predicted octanol–water partition coefficient (Wildman–Crippen LogP) is 4.92. The smallest absolute Gasteiger partial charge is 0.119 e. The highest BCUT2D eigenvalue weighted by molar-refractivity contribution is 6.30. The van der Waals surface area contributed by atoms with E-state index < -0.39 is 0 Å². The molecule has 1 saturated heterocycles. The summed E-state index contributed by atoms with van der Waals surface area (Å²) < 4.78 is 5.99. The second kappa shape index (κ2) is 8.98. The van der Waals surface area contributed by atoms with Gasteiger partial charge in [-0.2, -0.15) is 0 Å². The van der Waals surface area contributed by atoms with Crippen LogP contribution in [0.1, 0.15) is 26.3 Å². The van der Waals surface area contributed by atoms with Gasteiger partial charge in [-0.1, -0.05) is 44.5 Å². The van der Waals surface area contributed by atoms with Crippen LogP contribution in [0.2, 0.25) is 5.02 Å². The number of anilines is 1. The summed E-state index contributed by atoms with van der Waals surface area (Å²) in [5.41, 5.74) is 2.80. The Morgan fingerprint density at radius 2 is 1.73 bits per heavy atom. The quantitative estimate of drug-likeness (QED) is 0.796. The molecule has 142 valence electrons. The summed E-state index contributed by atoms with van der Waals surface area (Å²) in [4.78, 5) is 2.44. The number of rotatable bonds is 4. The van der Waals surface area contributed by atoms with Crippen LogP contribution in [0.5, 0.6) is 5.75 Å². The fraction of sp³-hybridized carbons (Fsp3) is 0.429. The molecule has 1 atom stereocenters. The largest absolute Gasteiger partial charge is 0.491 e. The van der Waals surface area contributed by atoms with Crippen molar-refractivity contribution in [1.29, 1.82) is 0 Å². The Labute approximate surface area is 168 Å². The van der Waals surface area contributed by atoms with E-state index in [0.29, 0.717) is 12.6 Å². The van der Waals surface area contributed by atoms with Crippen molar-refractivity contribution >= 4 is 29.7 Å². The predicted molar refractivity (Wildman–Crippen MR) is 113 cm³/mol. The zero-order chi connectivity index (χ0) is 17.9. The zero-order valence-electron chi connectivity index (χ0n) is 15.7. The van der Waals surface area contributed by atoms with Crippen LogP contribution in [0.15, 0.2) is 48.5 Å². The normalized spacial score (nSPS) is 17.5. The minimum atomic E-state index is 0. The molecule has 1 aliphatic rings. The molecule has 1 aliphatic heterocycles. The number of nitrogens with zero attached hydrogens (tertiary/aromatic N) is 1. The number of ether oxygens (including phenoxy) is 1. The lowest BCUT2D eigenvalue weighted by Crippen LogP contribution is -2.54. The summed E-state index contributed by atoms with van der Waals surface area (Å²) >= 11 is 5.93. The summed E-state index contributed by atoms with van der Waals surface area (Å²) in [6, 6.07) is 16.8. The van der Waals surface area contributed by atoms with E-state index in [4.69, 9.17) is 16.3 Å². The lowest BCUT2D eigenvalue weighted by molar-refractivity contribution is 0.267. The highest BCUT2D eigenvalue weighted by Gasteiger charge is 2.23. The van der Waals surface area contributed by atoms with Gasteiger partial charge in [0.25, 0.3) is 0 Å². The Morgan fingerprint density at radius 3 is 2.35 bits per heavy atom. The number of hydrogen-bond donors (Lipinski definition) is 1. The number of benzene rings is 2. The molecule has 1 unspecified atom stereocenters. The number of hydrogen-bond acceptors (Lipinski definition) is 3. The highest BCUT2D eigenvalue weighted by atomic mass is 35.5. The van der Waals surface area contributed by atoms with Gasteiger partial charge in [0.15, 0.2) is 0 Å². The van der Waals surface area contributed by atoms with Crippen molar-refractivity contribution < 1.29 is 4.74 Å². The minimum absolute atomic E-state index is 0. The molecule has 3 rings (SSSR count). The van der Waals surface area contributed by atoms with E-state index in [9.17, 15) is 0 Å². The molecule has 1 N–H and O–H groups in total. The van der Waals surface area contributed by atoms with Crippen molar-refractivity contribution in [3.8, 4) is 5.75 Å². The molecule has 3 nitrogen and oxygen atoms in total. The van der Waals surface area contributed by atoms with Crippen LogP contribution in [0.3, 0.4) is 0 Å². The average Bonchev–Trinajstić information content (AvgIpc) is 2.61. The number of piperazine rings is 1. The SMILES string of the molecule is CC(C)(C)c1ccc(N2CCNCC2COc2ccc(Cl)cc2)cc1.Cl. The molecule has 0 spiro atoms. The molecule has 0 bridgehead atoms. The second-order valence-corrected chi connectivity index (χ2v) is 8.05. The topological polar surface area (TPSA) is 24.5 Å². The van der Waals surface area contributed by atoms with Gasteiger partial charge in [0.2, 0.25) is 0 Å². The molecule has 5 heteroatoms. The lowest BCUT2D eigenvalue weighted by atomic mass is 9.87. The first-order valence-electron chi connectivity index (χ1n) is 8.90. The molecule has 0 saturated carbocycles. The minimum Gasteiger partial charge on any atom is -0.491 e. The van der Waals surface area contributed by atoms with Gasteiger partial charge in [0.05, 0.1) is 6.04 Å². The van der Waals surface area contributed by atoms with E-state index in [-0.39, 0.29) is 17.8 Å². The first kappa shape index (κ1) is 20.9. The Morgan fingerprint density at radius 1 is 1.08 bits per heavy atom. The standard InChI is InChI=1S/C21H27ClN2O.ClH/c1-21(2,3)16-4-8-18(9-5-16)24-13-12-23-14-19(24)15-25-20-10-6-17(22)7-11-20;/h4-11,19,23H,12-15H2,1-3H3;1H. The molecule has 2 aromatic rings. The monoisotopic (exact) mass is 394 g/mol. The van der Waals surface area contributed by atoms with Crippen molar-refractivity contribution in [3.05, 3.63) is 59.1 Å². The molecular formula is C21H28Cl2N2O. The Balaban J connectivity index is 0.00000243. The van der Waals surface area contributed by atoms with Crippen LogP contribution in [-0.2, 0) is 5.41 Å². The van der Waals surface area contributed by atoms with Crippen LogP contribution in [0.4, 0.5) is 5.69 Å². The van der Waals surface area contributed by atoms with Crippen molar-refractivity contribution in [3.63, 3.8) is 0 Å². The third kappa shape index (κ3) is 5.29. The van der Waals surface area contributed by atoms with Crippen LogP contribution in [0.25, 0.3) is 0 Å². The van der Waals surface area contributed by atoms with Crippen molar-refractivity contribution in [1.82, 2.24) is 5.32 Å². The van der Waals surface area contributed by atoms with E-state index >= 15 is 0 Å². The van der Waals surface area contributed by atoms with Crippen molar-refractivity contribution in [2.24, 2.45) is 0 Å². The van der Waals surface area contributed by atoms with E-state index in [1.54, 1.807) is 0 Å². The molecule has 0 amide bonds. The maximum atomic E-state index is 5.99. The maximum absolute atomic E-state index is 5.99. The van der Waals surface area contributed by atoms with Crippen LogP contribution < -0.4 is 15.0 Å². The van der Waals surface area contributed by atoms with Gasteiger partial charge in [-0.3, -0.25) is 0 Å². The molecule has 0 aliphatic carbocycles. The third-order valence-electron chi connectivity index (χ3n) is 4.67. The van der Waals surface area contributed by atoms with Crippen LogP contribution >= 0.6 is 24.0 Å². The summed E-state index contributed by atoms with van der Waals surface area (Å²) in [5.74, 6) is 0.859. The van der Waals surface area contributed by atoms with Crippen LogP contribution in [-0.4, -0.2) is 32.3 Å². The highest BCUT2D eigenvalue weighted by Crippen LogP contribution is 2.26. The fourth-order valence-corrected chi connectivity index (χ4v) is 3.25. The summed E-state index contributed by atoms with van der Waals surface area (Å²) in [6.07, 6.45) is 0. The molecule has 26 heavy (non-hydrogen) atoms. The molecule has 0 radical (unpaired) electrons. The summed E-state index contributed by atoms with van der Waals surface area (Å²) in [6.45, 7) is 10.3. The van der Waals surface area contributed by atoms with E-state index in [2.05, 4.69) is 55.3 Å². The Hall–Kier alpha value is -1.42. The second-order valence-electron chi connectivity index (χ2n) is 7.61. The Bertz CT molecular complexity index is 681. The van der Waals surface area contributed by atoms with Gasteiger partial charge >= 0.3 is 0 Å². The first-order valence-corrected chi connectivity index (χ1v) is 9.27. The fourth-order valence-electron chi connectivity index (χ4n) is 3.13. The zero-order valence-corrected chi connectivity index (χ0v) is 17.2. The molecule has 1 heterocycles. The van der Waals surface area contributed by atoms with Gasteiger partial charge in [0, 0.05) is 30.3 Å². The van der Waals surface area contributed by atoms with Gasteiger partial charge < -0.3 is 15.0 Å². The van der Waals surface area contributed by atoms with Crippen molar-refractivity contribution in [2.75, 3.05) is 31.1 Å². The third-order valence-corrected chi connectivity index (χ3v) is 4.92. The molecule has 2 aromatic carbocycles. The van der Waals surface area contributed by atoms with E-state index in [1.165, 1.54) is 11.3 Å². The van der Waals surface area contributed by atoms with Gasteiger partial charge in [-0.15, -0.1) is 12.4 Å². The summed E-state index contributed by atoms with van der Waals surface area (Å²) in [7, 11) is 0. The van der Waals surface area contributed by atoms with Gasteiger partial charge in [-0.25, -0.2) is 0 Å². The van der Waals surface area contributed by atoms with Crippen molar-refractivity contribution in [2.45, 2.75) is 32.2 Å². The van der Waals surface area contributed by atoms with Gasteiger partial charge in [0.1, 0.15) is 12.4 Å². The molecular weight excluding hydrogens is 367 g/mol. The maximum Gasteiger partial charge on any atom is 0.119 e. The van der Waals surface area contributed by atoms with E-state index in [0.717, 1.165) is 30.4 Å². The molecule has 0 aromatic heterocycles. The van der Waals surface area contributed by atoms with Crippen LogP contribution in [0, 0.1) is 0 Å². The van der Waals surface area contributed by atoms with E-state index in [1.807, 2.05) is 24.3 Å². The molecule has 1 fully saturated rings. The number of halogens is 2. The first-order chi connectivity index (χ1) is 11.9. The lowest BCUT2D eigenvalue weighted by Gasteiger charge is -2.38.